The summed E-state index contributed by atoms with van der Waals surface area (Å²) in [5, 5.41) is 5.37. The number of hydrogen-bond donors (Lipinski definition) is 1. The predicted octanol–water partition coefficient (Wildman–Crippen LogP) is 4.30. The van der Waals surface area contributed by atoms with E-state index in [4.69, 9.17) is 9.47 Å². The van der Waals surface area contributed by atoms with E-state index in [0.29, 0.717) is 19.0 Å². The molecule has 1 heterocycles. The number of carbonyl (C=O) groups excluding carboxylic acids is 1. The summed E-state index contributed by atoms with van der Waals surface area (Å²) in [5.74, 6) is 0.550. The molecule has 142 valence electrons. The van der Waals surface area contributed by atoms with Gasteiger partial charge in [0.25, 0.3) is 0 Å². The van der Waals surface area contributed by atoms with Gasteiger partial charge >= 0.3 is 6.03 Å². The standard InChI is InChI=1S/C22H26N2O3/c1-14-10-11-17-8-6-7-9-18(17)19(14)21-20(16(3)27-13-12-26-5)15(2)24(4)22(25)23-21/h6-11,21H,3,12-13H2,1-2,4-5H3,(H,23,25). The van der Waals surface area contributed by atoms with Crippen LogP contribution >= 0.6 is 0 Å². The molecular weight excluding hydrogens is 340 g/mol. The number of hydrogen-bond acceptors (Lipinski definition) is 3. The van der Waals surface area contributed by atoms with Gasteiger partial charge in [0, 0.05) is 25.4 Å². The summed E-state index contributed by atoms with van der Waals surface area (Å²) in [5.41, 5.74) is 3.89. The molecule has 0 aliphatic carbocycles. The maximum absolute atomic E-state index is 12.6. The molecule has 3 rings (SSSR count). The first-order chi connectivity index (χ1) is 13.0. The minimum absolute atomic E-state index is 0.140. The van der Waals surface area contributed by atoms with Gasteiger partial charge in [-0.05, 0) is 35.7 Å². The molecule has 5 nitrogen and oxygen atoms in total. The molecule has 1 N–H and O–H groups in total. The van der Waals surface area contributed by atoms with E-state index in [9.17, 15) is 4.79 Å². The molecule has 0 radical (unpaired) electrons. The molecule has 2 aromatic carbocycles. The van der Waals surface area contributed by atoms with Crippen molar-refractivity contribution < 1.29 is 14.3 Å². The molecule has 1 unspecified atom stereocenters. The van der Waals surface area contributed by atoms with Crippen LogP contribution < -0.4 is 5.32 Å². The number of nitrogens with zero attached hydrogens (tertiary/aromatic N) is 1. The topological polar surface area (TPSA) is 50.8 Å². The van der Waals surface area contributed by atoms with Crippen molar-refractivity contribution >= 4 is 16.8 Å². The zero-order valence-corrected chi connectivity index (χ0v) is 16.3. The molecule has 5 heteroatoms. The van der Waals surface area contributed by atoms with Crippen molar-refractivity contribution in [2.24, 2.45) is 0 Å². The molecule has 0 saturated carbocycles. The minimum atomic E-state index is -0.324. The van der Waals surface area contributed by atoms with Crippen LogP contribution in [0.1, 0.15) is 24.1 Å². The Balaban J connectivity index is 2.14. The van der Waals surface area contributed by atoms with Crippen LogP contribution in [-0.4, -0.2) is 38.3 Å². The fourth-order valence-electron chi connectivity index (χ4n) is 3.53. The Morgan fingerprint density at radius 2 is 1.93 bits per heavy atom. The summed E-state index contributed by atoms with van der Waals surface area (Å²) >= 11 is 0. The fourth-order valence-corrected chi connectivity index (χ4v) is 3.53. The van der Waals surface area contributed by atoms with Crippen LogP contribution in [0.25, 0.3) is 10.8 Å². The summed E-state index contributed by atoms with van der Waals surface area (Å²) in [4.78, 5) is 14.1. The van der Waals surface area contributed by atoms with E-state index in [-0.39, 0.29) is 12.1 Å². The van der Waals surface area contributed by atoms with Gasteiger partial charge in [0.05, 0.1) is 12.6 Å². The Labute approximate surface area is 160 Å². The maximum Gasteiger partial charge on any atom is 0.322 e. The maximum atomic E-state index is 12.6. The molecule has 0 aromatic heterocycles. The van der Waals surface area contributed by atoms with Crippen molar-refractivity contribution in [2.45, 2.75) is 19.9 Å². The largest absolute Gasteiger partial charge is 0.491 e. The highest BCUT2D eigenvalue weighted by Crippen LogP contribution is 2.38. The Kier molecular flexibility index (Phi) is 5.51. The quantitative estimate of drug-likeness (QED) is 0.613. The van der Waals surface area contributed by atoms with Crippen LogP contribution in [-0.2, 0) is 9.47 Å². The van der Waals surface area contributed by atoms with Gasteiger partial charge in [0.1, 0.15) is 12.4 Å². The zero-order chi connectivity index (χ0) is 19.6. The van der Waals surface area contributed by atoms with Crippen molar-refractivity contribution in [3.63, 3.8) is 0 Å². The highest BCUT2D eigenvalue weighted by molar-refractivity contribution is 5.89. The van der Waals surface area contributed by atoms with Crippen LogP contribution in [0.4, 0.5) is 4.79 Å². The van der Waals surface area contributed by atoms with Crippen LogP contribution in [0.2, 0.25) is 0 Å². The molecule has 27 heavy (non-hydrogen) atoms. The highest BCUT2D eigenvalue weighted by atomic mass is 16.5. The minimum Gasteiger partial charge on any atom is -0.491 e. The molecule has 2 amide bonds. The number of benzene rings is 2. The van der Waals surface area contributed by atoms with E-state index in [1.54, 1.807) is 19.1 Å². The first-order valence-electron chi connectivity index (χ1n) is 9.00. The first-order valence-corrected chi connectivity index (χ1v) is 9.00. The number of nitrogens with one attached hydrogen (secondary N) is 1. The van der Waals surface area contributed by atoms with E-state index in [1.165, 1.54) is 0 Å². The number of carbonyl (C=O) groups is 1. The fraction of sp³-hybridized carbons (Fsp3) is 0.318. The lowest BCUT2D eigenvalue weighted by molar-refractivity contribution is 0.111. The summed E-state index contributed by atoms with van der Waals surface area (Å²) in [6.45, 7) is 9.00. The Bertz CT molecular complexity index is 917. The number of allylic oxidation sites excluding steroid dienone is 1. The third kappa shape index (κ3) is 3.55. The average molecular weight is 366 g/mol. The summed E-state index contributed by atoms with van der Waals surface area (Å²) in [6.07, 6.45) is 0. The molecular formula is C22H26N2O3. The van der Waals surface area contributed by atoms with Gasteiger partial charge in [-0.25, -0.2) is 4.79 Å². The normalized spacial score (nSPS) is 17.3. The number of aryl methyl sites for hydroxylation is 1. The summed E-state index contributed by atoms with van der Waals surface area (Å²) < 4.78 is 10.9. The second-order valence-corrected chi connectivity index (χ2v) is 6.72. The van der Waals surface area contributed by atoms with Gasteiger partial charge in [-0.15, -0.1) is 0 Å². The lowest BCUT2D eigenvalue weighted by Gasteiger charge is -2.36. The number of fused-ring (bicyclic) bond motifs is 1. The second-order valence-electron chi connectivity index (χ2n) is 6.72. The van der Waals surface area contributed by atoms with Crippen LogP contribution in [0.5, 0.6) is 0 Å². The van der Waals surface area contributed by atoms with E-state index >= 15 is 0 Å². The molecule has 0 saturated heterocycles. The van der Waals surface area contributed by atoms with Gasteiger partial charge in [0.15, 0.2) is 0 Å². The van der Waals surface area contributed by atoms with E-state index < -0.39 is 0 Å². The number of amides is 2. The molecule has 0 spiro atoms. The SMILES string of the molecule is C=C(OCCOC)C1=C(C)N(C)C(=O)NC1c1c(C)ccc2ccccc12. The Morgan fingerprint density at radius 1 is 1.19 bits per heavy atom. The van der Waals surface area contributed by atoms with E-state index in [1.807, 2.05) is 19.1 Å². The molecule has 0 bridgehead atoms. The molecule has 1 aliphatic heterocycles. The lowest BCUT2D eigenvalue weighted by atomic mass is 9.87. The van der Waals surface area contributed by atoms with Crippen molar-refractivity contribution in [2.75, 3.05) is 27.4 Å². The van der Waals surface area contributed by atoms with Crippen LogP contribution in [0.3, 0.4) is 0 Å². The molecule has 0 fully saturated rings. The second kappa shape index (κ2) is 7.84. The van der Waals surface area contributed by atoms with Gasteiger partial charge in [0.2, 0.25) is 0 Å². The van der Waals surface area contributed by atoms with Crippen molar-refractivity contribution in [3.8, 4) is 0 Å². The van der Waals surface area contributed by atoms with E-state index in [0.717, 1.165) is 33.2 Å². The summed E-state index contributed by atoms with van der Waals surface area (Å²) in [7, 11) is 3.38. The van der Waals surface area contributed by atoms with Gasteiger partial charge in [-0.3, -0.25) is 0 Å². The number of methoxy groups -OCH3 is 1. The van der Waals surface area contributed by atoms with Crippen LogP contribution in [0, 0.1) is 6.92 Å². The van der Waals surface area contributed by atoms with E-state index in [2.05, 4.69) is 43.1 Å². The number of ether oxygens (including phenoxy) is 2. The third-order valence-corrected chi connectivity index (χ3v) is 5.10. The number of rotatable bonds is 6. The Hall–Kier alpha value is -2.79. The zero-order valence-electron chi connectivity index (χ0n) is 16.3. The first kappa shape index (κ1) is 19.0. The monoisotopic (exact) mass is 366 g/mol. The lowest BCUT2D eigenvalue weighted by Crippen LogP contribution is -2.45. The highest BCUT2D eigenvalue weighted by Gasteiger charge is 2.33. The molecule has 1 atom stereocenters. The molecule has 2 aromatic rings. The van der Waals surface area contributed by atoms with Gasteiger partial charge in [-0.1, -0.05) is 43.0 Å². The predicted molar refractivity (Wildman–Crippen MR) is 107 cm³/mol. The van der Waals surface area contributed by atoms with Crippen LogP contribution in [0.15, 0.2) is 60.0 Å². The van der Waals surface area contributed by atoms with Crippen molar-refractivity contribution in [3.05, 3.63) is 71.1 Å². The Morgan fingerprint density at radius 3 is 2.67 bits per heavy atom. The molecule has 1 aliphatic rings. The van der Waals surface area contributed by atoms with Gasteiger partial charge < -0.3 is 19.7 Å². The average Bonchev–Trinajstić information content (AvgIpc) is 2.66. The third-order valence-electron chi connectivity index (χ3n) is 5.10. The van der Waals surface area contributed by atoms with Gasteiger partial charge in [-0.2, -0.15) is 0 Å². The van der Waals surface area contributed by atoms with Crippen molar-refractivity contribution in [1.29, 1.82) is 0 Å². The smallest absolute Gasteiger partial charge is 0.322 e. The summed E-state index contributed by atoms with van der Waals surface area (Å²) in [6, 6.07) is 11.9. The number of urea groups is 1. The van der Waals surface area contributed by atoms with Crippen molar-refractivity contribution in [1.82, 2.24) is 10.2 Å².